The summed E-state index contributed by atoms with van der Waals surface area (Å²) in [7, 11) is 0. The van der Waals surface area contributed by atoms with Crippen molar-refractivity contribution in [2.75, 3.05) is 5.32 Å². The normalized spacial score (nSPS) is 13.1. The quantitative estimate of drug-likeness (QED) is 0.592. The Morgan fingerprint density at radius 1 is 1.33 bits per heavy atom. The molecule has 2 amide bonds. The van der Waals surface area contributed by atoms with E-state index in [1.54, 1.807) is 0 Å². The van der Waals surface area contributed by atoms with E-state index in [0.717, 1.165) is 52.8 Å². The number of carbonyl (C=O) groups excluding carboxylic acids is 2. The lowest BCUT2D eigenvalue weighted by molar-refractivity contribution is -0.386. The fourth-order valence-corrected chi connectivity index (χ4v) is 4.59. The maximum atomic E-state index is 12.5. The lowest BCUT2D eigenvalue weighted by atomic mass is 9.95. The number of pyridine rings is 1. The number of anilines is 1. The van der Waals surface area contributed by atoms with Crippen LogP contribution in [-0.4, -0.2) is 21.3 Å². The molecule has 0 atom stereocenters. The van der Waals surface area contributed by atoms with Crippen LogP contribution in [0.2, 0.25) is 0 Å². The highest BCUT2D eigenvalue weighted by Crippen LogP contribution is 2.37. The lowest BCUT2D eigenvalue weighted by Gasteiger charge is -2.11. The Kier molecular flexibility index (Phi) is 5.08. The third-order valence-corrected chi connectivity index (χ3v) is 5.80. The minimum atomic E-state index is -0.609. The molecular formula is C17H18N4O5S. The molecule has 0 aliphatic heterocycles. The maximum absolute atomic E-state index is 12.5. The number of amides is 2. The molecule has 1 aliphatic rings. The number of rotatable bonds is 5. The van der Waals surface area contributed by atoms with E-state index in [2.05, 4.69) is 5.32 Å². The molecule has 1 aliphatic carbocycles. The summed E-state index contributed by atoms with van der Waals surface area (Å²) in [6, 6.07) is 2.17. The summed E-state index contributed by atoms with van der Waals surface area (Å²) in [5.41, 5.74) is 6.03. The minimum absolute atomic E-state index is 0.0863. The first-order chi connectivity index (χ1) is 12.8. The standard InChI is InChI=1S/C17H18N4O5S/c1-9-11(21(25)26)6-7-14(23)20(9)8-13(22)19-17-15(16(18)24)10-4-2-3-5-12(10)27-17/h6-7H,2-5,8H2,1H3,(H2,18,24)(H,19,22). The molecule has 10 heteroatoms. The molecule has 2 aromatic heterocycles. The zero-order chi connectivity index (χ0) is 19.7. The largest absolute Gasteiger partial charge is 0.365 e. The third kappa shape index (κ3) is 3.61. The number of nitro groups is 1. The fraction of sp³-hybridized carbons (Fsp3) is 0.353. The molecule has 9 nitrogen and oxygen atoms in total. The number of hydrogen-bond acceptors (Lipinski definition) is 6. The van der Waals surface area contributed by atoms with Crippen molar-refractivity contribution in [1.82, 2.24) is 4.57 Å². The van der Waals surface area contributed by atoms with Gasteiger partial charge in [0.05, 0.1) is 16.2 Å². The van der Waals surface area contributed by atoms with Crippen molar-refractivity contribution >= 4 is 33.8 Å². The smallest absolute Gasteiger partial charge is 0.288 e. The van der Waals surface area contributed by atoms with Gasteiger partial charge in [0.25, 0.3) is 17.2 Å². The highest BCUT2D eigenvalue weighted by molar-refractivity contribution is 7.17. The summed E-state index contributed by atoms with van der Waals surface area (Å²) < 4.78 is 1.03. The van der Waals surface area contributed by atoms with Crippen molar-refractivity contribution in [1.29, 1.82) is 0 Å². The number of aromatic nitrogens is 1. The summed E-state index contributed by atoms with van der Waals surface area (Å²) in [6.07, 6.45) is 3.55. The highest BCUT2D eigenvalue weighted by atomic mass is 32.1. The lowest BCUT2D eigenvalue weighted by Crippen LogP contribution is -2.29. The number of fused-ring (bicyclic) bond motifs is 1. The van der Waals surface area contributed by atoms with Crippen LogP contribution in [-0.2, 0) is 24.2 Å². The Bertz CT molecular complexity index is 1010. The average Bonchev–Trinajstić information content (AvgIpc) is 2.96. The maximum Gasteiger partial charge on any atom is 0.288 e. The number of carbonyl (C=O) groups is 2. The van der Waals surface area contributed by atoms with Crippen molar-refractivity contribution in [3.05, 3.63) is 54.3 Å². The van der Waals surface area contributed by atoms with Crippen LogP contribution in [0.1, 0.15) is 39.3 Å². The van der Waals surface area contributed by atoms with E-state index >= 15 is 0 Å². The number of aryl methyl sites for hydroxylation is 1. The second-order valence-corrected chi connectivity index (χ2v) is 7.42. The van der Waals surface area contributed by atoms with Gasteiger partial charge in [-0.05, 0) is 38.2 Å². The number of nitrogens with two attached hydrogens (primary N) is 1. The third-order valence-electron chi connectivity index (χ3n) is 4.59. The van der Waals surface area contributed by atoms with Crippen LogP contribution in [0.5, 0.6) is 0 Å². The van der Waals surface area contributed by atoms with E-state index in [0.29, 0.717) is 10.6 Å². The molecule has 142 valence electrons. The van der Waals surface area contributed by atoms with Crippen LogP contribution in [0.3, 0.4) is 0 Å². The van der Waals surface area contributed by atoms with Gasteiger partial charge in [-0.3, -0.25) is 29.1 Å². The van der Waals surface area contributed by atoms with Crippen molar-refractivity contribution in [3.63, 3.8) is 0 Å². The van der Waals surface area contributed by atoms with Gasteiger partial charge < -0.3 is 11.1 Å². The van der Waals surface area contributed by atoms with Gasteiger partial charge in [-0.15, -0.1) is 11.3 Å². The summed E-state index contributed by atoms with van der Waals surface area (Å²) in [5, 5.41) is 14.1. The minimum Gasteiger partial charge on any atom is -0.365 e. The number of primary amides is 1. The molecule has 2 aromatic rings. The molecule has 0 bridgehead atoms. The zero-order valence-corrected chi connectivity index (χ0v) is 15.4. The van der Waals surface area contributed by atoms with Gasteiger partial charge >= 0.3 is 0 Å². The summed E-state index contributed by atoms with van der Waals surface area (Å²) in [6.45, 7) is 1.01. The number of nitrogens with zero attached hydrogens (tertiary/aromatic N) is 2. The molecule has 2 heterocycles. The van der Waals surface area contributed by atoms with Gasteiger partial charge in [-0.25, -0.2) is 0 Å². The van der Waals surface area contributed by atoms with Crippen LogP contribution < -0.4 is 16.6 Å². The van der Waals surface area contributed by atoms with Crippen LogP contribution in [0.15, 0.2) is 16.9 Å². The Labute approximate surface area is 157 Å². The Morgan fingerprint density at radius 2 is 2.04 bits per heavy atom. The van der Waals surface area contributed by atoms with E-state index in [1.165, 1.54) is 18.3 Å². The molecule has 0 fully saturated rings. The van der Waals surface area contributed by atoms with Crippen molar-refractivity contribution < 1.29 is 14.5 Å². The SMILES string of the molecule is Cc1c([N+](=O)[O-])ccc(=O)n1CC(=O)Nc1sc2c(c1C(N)=O)CCCC2. The molecule has 27 heavy (non-hydrogen) atoms. The van der Waals surface area contributed by atoms with Crippen LogP contribution in [0, 0.1) is 17.0 Å². The number of thiophene rings is 1. The molecule has 0 saturated heterocycles. The first-order valence-electron chi connectivity index (χ1n) is 8.38. The van der Waals surface area contributed by atoms with Crippen LogP contribution in [0.4, 0.5) is 10.7 Å². The average molecular weight is 390 g/mol. The predicted octanol–water partition coefficient (Wildman–Crippen LogP) is 1.74. The first-order valence-corrected chi connectivity index (χ1v) is 9.20. The van der Waals surface area contributed by atoms with Gasteiger partial charge in [0, 0.05) is 17.0 Å². The Hall–Kier alpha value is -3.01. The van der Waals surface area contributed by atoms with Crippen molar-refractivity contribution in [2.45, 2.75) is 39.2 Å². The van der Waals surface area contributed by atoms with Gasteiger partial charge in [0.1, 0.15) is 11.5 Å². The molecule has 3 rings (SSSR count). The Morgan fingerprint density at radius 3 is 2.70 bits per heavy atom. The van der Waals surface area contributed by atoms with E-state index in [9.17, 15) is 24.5 Å². The van der Waals surface area contributed by atoms with Crippen LogP contribution >= 0.6 is 11.3 Å². The van der Waals surface area contributed by atoms with Crippen molar-refractivity contribution in [2.24, 2.45) is 5.73 Å². The molecule has 0 radical (unpaired) electrons. The van der Waals surface area contributed by atoms with E-state index in [1.807, 2.05) is 0 Å². The molecule has 0 unspecified atom stereocenters. The van der Waals surface area contributed by atoms with Crippen LogP contribution in [0.25, 0.3) is 0 Å². The first kappa shape index (κ1) is 18.8. The highest BCUT2D eigenvalue weighted by Gasteiger charge is 2.25. The zero-order valence-electron chi connectivity index (χ0n) is 14.6. The molecule has 0 spiro atoms. The number of nitrogens with one attached hydrogen (secondary N) is 1. The monoisotopic (exact) mass is 390 g/mol. The molecule has 3 N–H and O–H groups in total. The van der Waals surface area contributed by atoms with Crippen molar-refractivity contribution in [3.8, 4) is 0 Å². The summed E-state index contributed by atoms with van der Waals surface area (Å²) in [4.78, 5) is 47.8. The molecular weight excluding hydrogens is 372 g/mol. The van der Waals surface area contributed by atoms with E-state index in [4.69, 9.17) is 5.73 Å². The van der Waals surface area contributed by atoms with E-state index < -0.39 is 28.8 Å². The van der Waals surface area contributed by atoms with Gasteiger partial charge in [-0.1, -0.05) is 0 Å². The second-order valence-electron chi connectivity index (χ2n) is 6.31. The molecule has 0 aromatic carbocycles. The van der Waals surface area contributed by atoms with Gasteiger partial charge in [-0.2, -0.15) is 0 Å². The predicted molar refractivity (Wildman–Crippen MR) is 100 cm³/mol. The Balaban J connectivity index is 1.89. The molecule has 0 saturated carbocycles. The van der Waals surface area contributed by atoms with Gasteiger partial charge in [0.2, 0.25) is 5.91 Å². The summed E-state index contributed by atoms with van der Waals surface area (Å²) >= 11 is 1.32. The van der Waals surface area contributed by atoms with Gasteiger partial charge in [0.15, 0.2) is 0 Å². The second kappa shape index (κ2) is 7.31. The number of hydrogen-bond donors (Lipinski definition) is 2. The summed E-state index contributed by atoms with van der Waals surface area (Å²) in [5.74, 6) is -1.16. The van der Waals surface area contributed by atoms with E-state index in [-0.39, 0.29) is 11.4 Å². The fourth-order valence-electron chi connectivity index (χ4n) is 3.28. The topological polar surface area (TPSA) is 137 Å².